The van der Waals surface area contributed by atoms with Gasteiger partial charge < -0.3 is 87.6 Å². The molecule has 0 unspecified atom stereocenters. The van der Waals surface area contributed by atoms with Gasteiger partial charge in [0.25, 0.3) is 23.6 Å². The Hall–Kier alpha value is -13.3. The molecule has 16 rings (SSSR count). The average Bonchev–Trinajstić information content (AvgIpc) is 1.62. The molecule has 8 aliphatic heterocycles. The molecule has 4 aromatic carbocycles. The van der Waals surface area contributed by atoms with E-state index in [-0.39, 0.29) is 142 Å². The van der Waals surface area contributed by atoms with Gasteiger partial charge in [-0.3, -0.25) is 19.2 Å². The lowest BCUT2D eigenvalue weighted by molar-refractivity contribution is -0.140. The lowest BCUT2D eigenvalue weighted by Crippen LogP contribution is -2.48. The van der Waals surface area contributed by atoms with Crippen LogP contribution in [0.25, 0.3) is 0 Å². The van der Waals surface area contributed by atoms with E-state index in [0.29, 0.717) is 84.6 Å². The highest BCUT2D eigenvalue weighted by Gasteiger charge is 2.41. The predicted octanol–water partition coefficient (Wildman–Crippen LogP) is 4.23. The van der Waals surface area contributed by atoms with E-state index < -0.39 is 99.6 Å². The summed E-state index contributed by atoms with van der Waals surface area (Å²) in [6.45, 7) is 10.6. The molecular formula is C88H88N16O22S4. The van der Waals surface area contributed by atoms with Crippen molar-refractivity contribution in [2.75, 3.05) is 101 Å². The molecule has 38 nitrogen and oxygen atoms in total. The number of amides is 4. The van der Waals surface area contributed by atoms with E-state index in [1.165, 1.54) is 56.2 Å². The first-order valence-corrected chi connectivity index (χ1v) is 46.2. The molecule has 0 aliphatic carbocycles. The quantitative estimate of drug-likeness (QED) is 0.0765. The highest BCUT2D eigenvalue weighted by molar-refractivity contribution is 7.90. The van der Waals surface area contributed by atoms with Crippen LogP contribution in [0.3, 0.4) is 0 Å². The Labute approximate surface area is 749 Å². The van der Waals surface area contributed by atoms with Crippen molar-refractivity contribution < 1.29 is 101 Å². The van der Waals surface area contributed by atoms with Gasteiger partial charge in [0.2, 0.25) is 40.1 Å². The van der Waals surface area contributed by atoms with Crippen LogP contribution in [0.2, 0.25) is 0 Å². The molecule has 4 fully saturated rings. The minimum Gasteiger partial charge on any atom is -0.488 e. The van der Waals surface area contributed by atoms with Crippen molar-refractivity contribution in [3.05, 3.63) is 165 Å². The molecule has 0 saturated carbocycles. The molecule has 0 spiro atoms. The number of nitriles is 4. The molecule has 4 saturated heterocycles. The van der Waals surface area contributed by atoms with Crippen molar-refractivity contribution in [2.24, 2.45) is 45.9 Å². The zero-order valence-electron chi connectivity index (χ0n) is 71.2. The van der Waals surface area contributed by atoms with Crippen LogP contribution in [0.1, 0.15) is 106 Å². The van der Waals surface area contributed by atoms with Gasteiger partial charge in [0, 0.05) is 95.0 Å². The second-order valence-electron chi connectivity index (χ2n) is 31.5. The number of hydrogen-bond acceptors (Lipinski definition) is 26. The van der Waals surface area contributed by atoms with Crippen molar-refractivity contribution in [3.63, 3.8) is 0 Å². The molecule has 130 heavy (non-hydrogen) atoms. The summed E-state index contributed by atoms with van der Waals surface area (Å²) in [5.41, 5.74) is 5.43. The number of aliphatic hydroxyl groups is 2. The highest BCUT2D eigenvalue weighted by Crippen LogP contribution is 2.39. The number of aromatic nitrogens is 4. The van der Waals surface area contributed by atoms with E-state index in [0.717, 1.165) is 22.3 Å². The largest absolute Gasteiger partial charge is 0.488 e. The SMILES string of the molecule is Cc1ccc(NC(=O)c2c3c(cn2C)S(=O)(=O)N[C@@H](CC#CC2COC2)CO3)cc1C#N.Cc1ccc(NC(=O)c2c3c(cn2C)S(=O)(=O)N[C@@H]([C@@H](O)C#CC2COC2)CO3)cc1C#N.Cc1ccc(NC(=O)c2c3c(cn2C)S(=O)(=O)N[C@H](CC#CC2(O)COC2)CO3)cc1C#N.Cc1ccc(NC(=O)c2c3c(cn2C)S(=O)(=O)N[C@H](CC#CC2COC2)CO3)cc1C#N. The van der Waals surface area contributed by atoms with Crippen LogP contribution < -0.4 is 59.1 Å². The maximum absolute atomic E-state index is 13.0. The Morgan fingerprint density at radius 1 is 0.415 bits per heavy atom. The van der Waals surface area contributed by atoms with Gasteiger partial charge in [0.05, 0.1) is 141 Å². The summed E-state index contributed by atoms with van der Waals surface area (Å²) >= 11 is 0. The molecular weight excluding hydrogens is 1760 g/mol. The Bertz CT molecular complexity index is 6610. The molecule has 676 valence electrons. The molecule has 10 N–H and O–H groups in total. The molecule has 0 bridgehead atoms. The third kappa shape index (κ3) is 21.8. The minimum absolute atomic E-state index is 0.00651. The zero-order valence-corrected chi connectivity index (χ0v) is 74.5. The zero-order chi connectivity index (χ0) is 93.3. The minimum atomic E-state index is -4.10. The van der Waals surface area contributed by atoms with Gasteiger partial charge in [-0.25, -0.2) is 52.6 Å². The fourth-order valence-electron chi connectivity index (χ4n) is 13.8. The van der Waals surface area contributed by atoms with Crippen LogP contribution in [-0.2, 0) is 87.2 Å². The first-order valence-electron chi connectivity index (χ1n) is 40.2. The number of anilines is 4. The topological polar surface area (TPSA) is 530 Å². The molecule has 4 aromatic heterocycles. The van der Waals surface area contributed by atoms with E-state index in [1.54, 1.807) is 116 Å². The van der Waals surface area contributed by atoms with E-state index in [2.05, 4.69) is 112 Å². The summed E-state index contributed by atoms with van der Waals surface area (Å²) in [5.74, 6) is 21.0. The maximum atomic E-state index is 13.0. The average molecular weight is 1850 g/mol. The number of aryl methyl sites for hydroxylation is 8. The van der Waals surface area contributed by atoms with Gasteiger partial charge in [-0.1, -0.05) is 59.8 Å². The molecule has 4 amide bonds. The molecule has 8 aromatic rings. The number of sulfonamides is 4. The first kappa shape index (κ1) is 94.3. The van der Waals surface area contributed by atoms with Crippen LogP contribution in [0, 0.1) is 138 Å². The van der Waals surface area contributed by atoms with E-state index in [9.17, 15) is 84.1 Å². The third-order valence-electron chi connectivity index (χ3n) is 21.2. The second-order valence-corrected chi connectivity index (χ2v) is 38.2. The molecule has 0 radical (unpaired) electrons. The van der Waals surface area contributed by atoms with E-state index in [4.69, 9.17) is 37.9 Å². The fourth-order valence-corrected chi connectivity index (χ4v) is 19.4. The number of hydrogen-bond donors (Lipinski definition) is 10. The summed E-state index contributed by atoms with van der Waals surface area (Å²) in [6.07, 6.45) is 4.67. The van der Waals surface area contributed by atoms with Crippen LogP contribution >= 0.6 is 0 Å². The monoisotopic (exact) mass is 1850 g/mol. The van der Waals surface area contributed by atoms with Crippen molar-refractivity contribution in [1.82, 2.24) is 37.2 Å². The number of nitrogens with one attached hydrogen (secondary N) is 8. The van der Waals surface area contributed by atoms with Crippen LogP contribution in [0.15, 0.2) is 117 Å². The molecule has 8 aliphatic rings. The summed E-state index contributed by atoms with van der Waals surface area (Å²) < 4.78 is 162. The summed E-state index contributed by atoms with van der Waals surface area (Å²) in [4.78, 5) is 51.4. The van der Waals surface area contributed by atoms with Gasteiger partial charge in [-0.2, -0.15) is 21.0 Å². The lowest BCUT2D eigenvalue weighted by atomic mass is 10.0. The molecule has 42 heteroatoms. The number of ether oxygens (including phenoxy) is 8. The highest BCUT2D eigenvalue weighted by atomic mass is 32.2. The smallest absolute Gasteiger partial charge is 0.276 e. The number of fused-ring (bicyclic) bond motifs is 4. The van der Waals surface area contributed by atoms with Crippen molar-refractivity contribution in [2.45, 2.75) is 102 Å². The molecule has 5 atom stereocenters. The first-order chi connectivity index (χ1) is 61.9. The van der Waals surface area contributed by atoms with Crippen LogP contribution in [-0.4, -0.2) is 201 Å². The lowest BCUT2D eigenvalue weighted by Gasteiger charge is -2.31. The number of rotatable bonds is 12. The van der Waals surface area contributed by atoms with Gasteiger partial charge >= 0.3 is 0 Å². The predicted molar refractivity (Wildman–Crippen MR) is 465 cm³/mol. The van der Waals surface area contributed by atoms with Gasteiger partial charge in [-0.05, 0) is 98.5 Å². The third-order valence-corrected chi connectivity index (χ3v) is 27.3. The summed E-state index contributed by atoms with van der Waals surface area (Å²) in [6, 6.07) is 25.2. The van der Waals surface area contributed by atoms with Crippen molar-refractivity contribution >= 4 is 86.5 Å². The summed E-state index contributed by atoms with van der Waals surface area (Å²) in [7, 11) is -9.68. The Balaban J connectivity index is 0.000000148. The van der Waals surface area contributed by atoms with Crippen LogP contribution in [0.4, 0.5) is 22.7 Å². The van der Waals surface area contributed by atoms with Gasteiger partial charge in [0.15, 0.2) is 51.4 Å². The number of carbonyl (C=O) groups excluding carboxylic acids is 4. The standard InChI is InChI=1S/2C22H22N4O6S.2C22H22N4O5S/c1-13-3-5-16(7-15(13)8-23)24-22(28)20-21-19(9-26(20)2)33(29,30)25-17(12-32-21)18(27)6-4-14-10-31-11-14;1-14-5-6-16(8-15(14)9-23)24-21(27)19-20-18(10-26(19)2)33(29,30)25-17(11-32-20)4-3-7-22(28)12-31-13-22;2*1-14-6-7-17(8-16(14)9-23)24-22(27)20-21-19(10-26(20)2)32(28,29)25-18(13-31-21)5-3-4-15-11-30-12-15/h3,5,7,9,14,17-18,25,27H,10-12H2,1-2H3,(H,24,28);5-6,8,10,17,25,28H,4,11-13H2,1-2H3,(H,24,27);2*6-8,10,15,18,25H,5,11-13H2,1-2H3,(H,24,27)/t17-,18+;17-;2*18-/m1110/s1. The van der Waals surface area contributed by atoms with Gasteiger partial charge in [0.1, 0.15) is 52.1 Å². The van der Waals surface area contributed by atoms with E-state index >= 15 is 0 Å². The number of carbonyl (C=O) groups is 4. The van der Waals surface area contributed by atoms with E-state index in [1.807, 2.05) is 0 Å². The van der Waals surface area contributed by atoms with Crippen LogP contribution in [0.5, 0.6) is 23.0 Å². The Morgan fingerprint density at radius 3 is 0.962 bits per heavy atom. The second kappa shape index (κ2) is 39.7. The fraction of sp³-hybridized carbons (Fsp3) is 0.364. The number of benzene rings is 4. The van der Waals surface area contributed by atoms with Gasteiger partial charge in [-0.15, -0.1) is 11.8 Å². The Kier molecular flexibility index (Phi) is 28.8. The maximum Gasteiger partial charge on any atom is 0.276 e. The molecule has 12 heterocycles. The number of aliphatic hydroxyl groups excluding tert-OH is 1. The number of nitrogens with zero attached hydrogens (tertiary/aromatic N) is 8. The van der Waals surface area contributed by atoms with Crippen molar-refractivity contribution in [3.8, 4) is 94.6 Å². The normalized spacial score (nSPS) is 19.6. The Morgan fingerprint density at radius 2 is 0.692 bits per heavy atom. The summed E-state index contributed by atoms with van der Waals surface area (Å²) in [5, 5.41) is 68.0. The van der Waals surface area contributed by atoms with Crippen molar-refractivity contribution in [1.29, 1.82) is 21.0 Å².